The van der Waals surface area contributed by atoms with E-state index in [4.69, 9.17) is 0 Å². The first-order valence-electron chi connectivity index (χ1n) is 4.59. The Morgan fingerprint density at radius 1 is 1.25 bits per heavy atom. The number of nitrogens with one attached hydrogen (secondary N) is 1. The van der Waals surface area contributed by atoms with Crippen LogP contribution in [0.5, 0.6) is 0 Å². The molecule has 1 aliphatic heterocycles. The lowest BCUT2D eigenvalue weighted by Gasteiger charge is -2.30. The van der Waals surface area contributed by atoms with Gasteiger partial charge in [0.2, 0.25) is 0 Å². The van der Waals surface area contributed by atoms with Crippen molar-refractivity contribution in [3.8, 4) is 0 Å². The molecular formula is C10H10ClF4N. The molecule has 6 heteroatoms. The Morgan fingerprint density at radius 3 is 2.31 bits per heavy atom. The van der Waals surface area contributed by atoms with Gasteiger partial charge in [-0.1, -0.05) is 12.1 Å². The summed E-state index contributed by atoms with van der Waals surface area (Å²) in [4.78, 5) is 0. The van der Waals surface area contributed by atoms with E-state index >= 15 is 0 Å². The lowest BCUT2D eigenvalue weighted by atomic mass is 9.93. The molecule has 0 bridgehead atoms. The molecule has 1 aliphatic rings. The van der Waals surface area contributed by atoms with Crippen molar-refractivity contribution in [3.05, 3.63) is 35.1 Å². The molecule has 0 unspecified atom stereocenters. The minimum atomic E-state index is -4.63. The summed E-state index contributed by atoms with van der Waals surface area (Å²) in [6, 6.07) is 3.10. The Labute approximate surface area is 96.3 Å². The molecule has 1 fully saturated rings. The fourth-order valence-electron chi connectivity index (χ4n) is 1.68. The lowest BCUT2D eigenvalue weighted by molar-refractivity contribution is -0.141. The van der Waals surface area contributed by atoms with Gasteiger partial charge in [0.05, 0.1) is 5.56 Å². The first-order valence-corrected chi connectivity index (χ1v) is 4.59. The van der Waals surface area contributed by atoms with E-state index in [1.165, 1.54) is 12.1 Å². The summed E-state index contributed by atoms with van der Waals surface area (Å²) in [5.41, 5.74) is -1.13. The van der Waals surface area contributed by atoms with Crippen LogP contribution in [0.3, 0.4) is 0 Å². The zero-order valence-electron chi connectivity index (χ0n) is 8.14. The highest BCUT2D eigenvalue weighted by Crippen LogP contribution is 2.38. The topological polar surface area (TPSA) is 12.0 Å². The van der Waals surface area contributed by atoms with Crippen molar-refractivity contribution in [3.63, 3.8) is 0 Å². The maximum Gasteiger partial charge on any atom is 0.419 e. The van der Waals surface area contributed by atoms with Crippen molar-refractivity contribution in [1.82, 2.24) is 5.32 Å². The molecule has 1 heterocycles. The van der Waals surface area contributed by atoms with Crippen LogP contribution < -0.4 is 5.32 Å². The number of halogens is 5. The van der Waals surface area contributed by atoms with E-state index in [9.17, 15) is 17.6 Å². The monoisotopic (exact) mass is 255 g/mol. The van der Waals surface area contributed by atoms with E-state index in [0.29, 0.717) is 13.0 Å². The quantitative estimate of drug-likeness (QED) is 0.760. The maximum absolute atomic E-state index is 13.1. The van der Waals surface area contributed by atoms with Gasteiger partial charge in [0, 0.05) is 6.04 Å². The molecule has 0 saturated carbocycles. The SMILES string of the molecule is Cl.Fc1cccc([C@H]2CCN2)c1C(F)(F)F. The third kappa shape index (κ3) is 2.30. The number of benzene rings is 1. The second-order valence-corrected chi connectivity index (χ2v) is 3.50. The Kier molecular flexibility index (Phi) is 3.80. The Morgan fingerprint density at radius 2 is 1.88 bits per heavy atom. The smallest absolute Gasteiger partial charge is 0.310 e. The van der Waals surface area contributed by atoms with Crippen molar-refractivity contribution in [1.29, 1.82) is 0 Å². The average molecular weight is 256 g/mol. The number of rotatable bonds is 1. The standard InChI is InChI=1S/C10H9F4N.ClH/c11-7-3-1-2-6(8-4-5-15-8)9(7)10(12,13)14;/h1-3,8,15H,4-5H2;1H/t8-;/m1./s1. The van der Waals surface area contributed by atoms with Gasteiger partial charge < -0.3 is 5.32 Å². The fraction of sp³-hybridized carbons (Fsp3) is 0.400. The molecule has 1 saturated heterocycles. The molecule has 90 valence electrons. The van der Waals surface area contributed by atoms with Gasteiger partial charge in [0.1, 0.15) is 5.82 Å². The van der Waals surface area contributed by atoms with Crippen molar-refractivity contribution >= 4 is 12.4 Å². The average Bonchev–Trinajstić information content (AvgIpc) is 1.97. The van der Waals surface area contributed by atoms with Crippen molar-refractivity contribution in [2.45, 2.75) is 18.6 Å². The predicted molar refractivity (Wildman–Crippen MR) is 54.0 cm³/mol. The number of hydrogen-bond acceptors (Lipinski definition) is 1. The minimum Gasteiger partial charge on any atom is -0.310 e. The van der Waals surface area contributed by atoms with Gasteiger partial charge in [0.25, 0.3) is 0 Å². The lowest BCUT2D eigenvalue weighted by Crippen LogP contribution is -2.36. The van der Waals surface area contributed by atoms with Crippen LogP contribution in [0, 0.1) is 5.82 Å². The Bertz CT molecular complexity index is 374. The van der Waals surface area contributed by atoms with Crippen molar-refractivity contribution in [2.75, 3.05) is 6.54 Å². The third-order valence-corrected chi connectivity index (χ3v) is 2.53. The van der Waals surface area contributed by atoms with E-state index in [0.717, 1.165) is 6.07 Å². The van der Waals surface area contributed by atoms with Crippen molar-refractivity contribution in [2.24, 2.45) is 0 Å². The number of hydrogen-bond donors (Lipinski definition) is 1. The molecule has 0 spiro atoms. The Balaban J connectivity index is 0.00000128. The first-order chi connectivity index (χ1) is 7.00. The zero-order valence-corrected chi connectivity index (χ0v) is 8.96. The summed E-state index contributed by atoms with van der Waals surface area (Å²) in [5.74, 6) is -1.20. The highest BCUT2D eigenvalue weighted by molar-refractivity contribution is 5.85. The van der Waals surface area contributed by atoms with Crippen LogP contribution in [0.4, 0.5) is 17.6 Å². The van der Waals surface area contributed by atoms with Gasteiger partial charge in [0.15, 0.2) is 0 Å². The third-order valence-electron chi connectivity index (χ3n) is 2.53. The van der Waals surface area contributed by atoms with E-state index in [1.54, 1.807) is 0 Å². The summed E-state index contributed by atoms with van der Waals surface area (Å²) in [5, 5.41) is 2.83. The van der Waals surface area contributed by atoms with Crippen LogP contribution >= 0.6 is 12.4 Å². The van der Waals surface area contributed by atoms with E-state index in [1.807, 2.05) is 0 Å². The van der Waals surface area contributed by atoms with Crippen LogP contribution in [0.2, 0.25) is 0 Å². The molecule has 16 heavy (non-hydrogen) atoms. The molecule has 1 atom stereocenters. The summed E-state index contributed by atoms with van der Waals surface area (Å²) in [7, 11) is 0. The summed E-state index contributed by atoms with van der Waals surface area (Å²) in [6.07, 6.45) is -4.01. The summed E-state index contributed by atoms with van der Waals surface area (Å²) < 4.78 is 50.8. The van der Waals surface area contributed by atoms with Crippen LogP contribution in [0.25, 0.3) is 0 Å². The second-order valence-electron chi connectivity index (χ2n) is 3.50. The van der Waals surface area contributed by atoms with E-state index in [-0.39, 0.29) is 24.0 Å². The molecule has 0 aliphatic carbocycles. The molecule has 1 aromatic rings. The summed E-state index contributed by atoms with van der Waals surface area (Å²) >= 11 is 0. The normalized spacial score (nSPS) is 19.9. The van der Waals surface area contributed by atoms with E-state index < -0.39 is 17.6 Å². The molecule has 1 N–H and O–H groups in total. The molecule has 1 aromatic carbocycles. The zero-order chi connectivity index (χ0) is 11.1. The molecule has 0 radical (unpaired) electrons. The number of alkyl halides is 3. The highest BCUT2D eigenvalue weighted by atomic mass is 35.5. The predicted octanol–water partition coefficient (Wildman–Crippen LogP) is 3.30. The maximum atomic E-state index is 13.1. The van der Waals surface area contributed by atoms with Gasteiger partial charge in [-0.3, -0.25) is 0 Å². The van der Waals surface area contributed by atoms with Gasteiger partial charge >= 0.3 is 6.18 Å². The van der Waals surface area contributed by atoms with Crippen LogP contribution in [0.1, 0.15) is 23.6 Å². The molecule has 2 rings (SSSR count). The van der Waals surface area contributed by atoms with Crippen LogP contribution in [-0.2, 0) is 6.18 Å². The van der Waals surface area contributed by atoms with Crippen LogP contribution in [0.15, 0.2) is 18.2 Å². The van der Waals surface area contributed by atoms with Gasteiger partial charge in [-0.05, 0) is 24.6 Å². The second kappa shape index (κ2) is 4.59. The van der Waals surface area contributed by atoms with Gasteiger partial charge in [-0.25, -0.2) is 4.39 Å². The first kappa shape index (κ1) is 13.3. The Hall–Kier alpha value is -0.810. The van der Waals surface area contributed by atoms with E-state index in [2.05, 4.69) is 5.32 Å². The molecule has 1 nitrogen and oxygen atoms in total. The van der Waals surface area contributed by atoms with Crippen LogP contribution in [-0.4, -0.2) is 6.54 Å². The molecular weight excluding hydrogens is 246 g/mol. The largest absolute Gasteiger partial charge is 0.419 e. The summed E-state index contributed by atoms with van der Waals surface area (Å²) in [6.45, 7) is 0.679. The van der Waals surface area contributed by atoms with Gasteiger partial charge in [-0.15, -0.1) is 12.4 Å². The minimum absolute atomic E-state index is 0. The van der Waals surface area contributed by atoms with Gasteiger partial charge in [-0.2, -0.15) is 13.2 Å². The molecule has 0 aromatic heterocycles. The highest BCUT2D eigenvalue weighted by Gasteiger charge is 2.39. The van der Waals surface area contributed by atoms with Crippen molar-refractivity contribution < 1.29 is 17.6 Å². The fourth-order valence-corrected chi connectivity index (χ4v) is 1.68. The molecule has 0 amide bonds.